The monoisotopic (exact) mass is 419 g/mol. The van der Waals surface area contributed by atoms with Gasteiger partial charge in [-0.3, -0.25) is 4.79 Å². The van der Waals surface area contributed by atoms with Gasteiger partial charge in [-0.25, -0.2) is 0 Å². The third-order valence-electron chi connectivity index (χ3n) is 4.77. The molecule has 0 heterocycles. The van der Waals surface area contributed by atoms with Gasteiger partial charge in [-0.15, -0.1) is 11.8 Å². The molecule has 0 aromatic heterocycles. The Morgan fingerprint density at radius 3 is 2.17 bits per heavy atom. The number of thioether (sulfide) groups is 1. The minimum Gasteiger partial charge on any atom is -0.481 e. The smallest absolute Gasteiger partial charge is 0.265 e. The largest absolute Gasteiger partial charge is 0.481 e. The average molecular weight is 420 g/mol. The van der Waals surface area contributed by atoms with Crippen LogP contribution in [-0.2, 0) is 16.0 Å². The Labute approximate surface area is 183 Å². The lowest BCUT2D eigenvalue weighted by Crippen LogP contribution is -2.30. The molecule has 3 aromatic rings. The molecule has 3 aromatic carbocycles. The van der Waals surface area contributed by atoms with E-state index in [0.29, 0.717) is 5.75 Å². The summed E-state index contributed by atoms with van der Waals surface area (Å²) >= 11 is 1.79. The molecule has 0 radical (unpaired) electrons. The van der Waals surface area contributed by atoms with Crippen molar-refractivity contribution < 1.29 is 9.53 Å². The highest BCUT2D eigenvalue weighted by molar-refractivity contribution is 7.98. The van der Waals surface area contributed by atoms with E-state index in [-0.39, 0.29) is 11.3 Å². The van der Waals surface area contributed by atoms with Crippen LogP contribution in [0.25, 0.3) is 0 Å². The fourth-order valence-electron chi connectivity index (χ4n) is 2.90. The van der Waals surface area contributed by atoms with E-state index in [1.165, 1.54) is 16.0 Å². The predicted octanol–water partition coefficient (Wildman–Crippen LogP) is 6.68. The zero-order chi connectivity index (χ0) is 21.6. The zero-order valence-corrected chi connectivity index (χ0v) is 18.8. The quantitative estimate of drug-likeness (QED) is 0.434. The Morgan fingerprint density at radius 1 is 0.933 bits per heavy atom. The number of benzene rings is 3. The molecule has 3 nitrogen and oxygen atoms in total. The van der Waals surface area contributed by atoms with E-state index in [0.717, 1.165) is 11.4 Å². The molecule has 0 bridgehead atoms. The Bertz CT molecular complexity index is 945. The fourth-order valence-corrected chi connectivity index (χ4v) is 3.78. The van der Waals surface area contributed by atoms with Crippen LogP contribution in [0.3, 0.4) is 0 Å². The van der Waals surface area contributed by atoms with Crippen molar-refractivity contribution in [2.75, 3.05) is 5.32 Å². The molecular formula is C26H29NO2S. The van der Waals surface area contributed by atoms with E-state index in [9.17, 15) is 4.79 Å². The highest BCUT2D eigenvalue weighted by Gasteiger charge is 2.17. The van der Waals surface area contributed by atoms with Gasteiger partial charge < -0.3 is 10.1 Å². The zero-order valence-electron chi connectivity index (χ0n) is 18.0. The Morgan fingerprint density at radius 2 is 1.57 bits per heavy atom. The van der Waals surface area contributed by atoms with Crippen molar-refractivity contribution in [2.24, 2.45) is 0 Å². The van der Waals surface area contributed by atoms with Gasteiger partial charge >= 0.3 is 0 Å². The van der Waals surface area contributed by atoms with Gasteiger partial charge in [-0.05, 0) is 59.9 Å². The van der Waals surface area contributed by atoms with Crippen LogP contribution in [0.5, 0.6) is 5.75 Å². The van der Waals surface area contributed by atoms with Crippen LogP contribution in [0, 0.1) is 0 Å². The maximum absolute atomic E-state index is 12.5. The maximum atomic E-state index is 12.5. The number of hydrogen-bond acceptors (Lipinski definition) is 3. The summed E-state index contributed by atoms with van der Waals surface area (Å²) < 4.78 is 5.81. The van der Waals surface area contributed by atoms with Crippen LogP contribution in [-0.4, -0.2) is 12.0 Å². The molecular weight excluding hydrogens is 390 g/mol. The summed E-state index contributed by atoms with van der Waals surface area (Å²) in [6, 6.07) is 26.2. The molecule has 156 valence electrons. The van der Waals surface area contributed by atoms with Crippen molar-refractivity contribution in [3.8, 4) is 5.75 Å². The first-order valence-electron chi connectivity index (χ1n) is 10.2. The van der Waals surface area contributed by atoms with Crippen LogP contribution in [0.4, 0.5) is 5.69 Å². The van der Waals surface area contributed by atoms with Crippen LogP contribution in [0.2, 0.25) is 0 Å². The molecule has 3 rings (SSSR count). The van der Waals surface area contributed by atoms with Gasteiger partial charge in [-0.1, -0.05) is 63.2 Å². The highest BCUT2D eigenvalue weighted by atomic mass is 32.2. The maximum Gasteiger partial charge on any atom is 0.265 e. The molecule has 0 fully saturated rings. The molecule has 0 saturated carbocycles. The minimum absolute atomic E-state index is 0.0906. The van der Waals surface area contributed by atoms with Crippen LogP contribution in [0.1, 0.15) is 38.8 Å². The second-order valence-electron chi connectivity index (χ2n) is 8.32. The van der Waals surface area contributed by atoms with Crippen LogP contribution >= 0.6 is 11.8 Å². The van der Waals surface area contributed by atoms with Gasteiger partial charge in [0.25, 0.3) is 5.91 Å². The molecule has 1 N–H and O–H groups in total. The molecule has 0 aliphatic rings. The molecule has 30 heavy (non-hydrogen) atoms. The first-order chi connectivity index (χ1) is 14.3. The summed E-state index contributed by atoms with van der Waals surface area (Å²) in [4.78, 5) is 13.7. The van der Waals surface area contributed by atoms with Crippen LogP contribution in [0.15, 0.2) is 83.8 Å². The lowest BCUT2D eigenvalue weighted by Gasteiger charge is -2.20. The molecule has 0 aliphatic heterocycles. The van der Waals surface area contributed by atoms with E-state index in [2.05, 4.69) is 38.2 Å². The number of carbonyl (C=O) groups excluding carboxylic acids is 1. The summed E-state index contributed by atoms with van der Waals surface area (Å²) in [7, 11) is 0. The lowest BCUT2D eigenvalue weighted by atomic mass is 9.87. The van der Waals surface area contributed by atoms with Crippen molar-refractivity contribution in [1.29, 1.82) is 0 Å². The Hall–Kier alpha value is -2.72. The Kier molecular flexibility index (Phi) is 7.22. The van der Waals surface area contributed by atoms with Gasteiger partial charge in [-0.2, -0.15) is 0 Å². The molecule has 0 spiro atoms. The number of nitrogens with one attached hydrogen (secondary N) is 1. The van der Waals surface area contributed by atoms with E-state index in [4.69, 9.17) is 4.74 Å². The number of rotatable bonds is 7. The number of hydrogen-bond donors (Lipinski definition) is 1. The molecule has 4 heteroatoms. The first kappa shape index (κ1) is 22.0. The lowest BCUT2D eigenvalue weighted by molar-refractivity contribution is -0.122. The van der Waals surface area contributed by atoms with E-state index < -0.39 is 6.10 Å². The minimum atomic E-state index is -0.584. The normalized spacial score (nSPS) is 12.3. The summed E-state index contributed by atoms with van der Waals surface area (Å²) in [6.45, 7) is 8.28. The molecule has 1 atom stereocenters. The number of carbonyl (C=O) groups is 1. The third kappa shape index (κ3) is 6.39. The van der Waals surface area contributed by atoms with Gasteiger partial charge in [0.15, 0.2) is 6.10 Å². The van der Waals surface area contributed by atoms with Gasteiger partial charge in [0.05, 0.1) is 0 Å². The van der Waals surface area contributed by atoms with Crippen LogP contribution < -0.4 is 10.1 Å². The summed E-state index contributed by atoms with van der Waals surface area (Å²) in [5.74, 6) is 1.42. The van der Waals surface area contributed by atoms with Crippen molar-refractivity contribution in [2.45, 2.75) is 49.9 Å². The predicted molar refractivity (Wildman–Crippen MR) is 126 cm³/mol. The van der Waals surface area contributed by atoms with Crippen molar-refractivity contribution in [1.82, 2.24) is 0 Å². The van der Waals surface area contributed by atoms with Gasteiger partial charge in [0, 0.05) is 16.3 Å². The molecule has 1 amide bonds. The molecule has 0 aliphatic carbocycles. The number of amides is 1. The highest BCUT2D eigenvalue weighted by Crippen LogP contribution is 2.25. The first-order valence-corrected chi connectivity index (χ1v) is 11.1. The van der Waals surface area contributed by atoms with E-state index in [1.807, 2.05) is 66.7 Å². The number of anilines is 1. The average Bonchev–Trinajstić information content (AvgIpc) is 2.73. The second-order valence-corrected chi connectivity index (χ2v) is 9.37. The van der Waals surface area contributed by atoms with Crippen molar-refractivity contribution in [3.63, 3.8) is 0 Å². The number of ether oxygens (including phenoxy) is 1. The molecule has 0 unspecified atom stereocenters. The molecule has 0 saturated heterocycles. The topological polar surface area (TPSA) is 38.3 Å². The summed E-state index contributed by atoms with van der Waals surface area (Å²) in [6.07, 6.45) is -0.584. The van der Waals surface area contributed by atoms with E-state index >= 15 is 0 Å². The van der Waals surface area contributed by atoms with Gasteiger partial charge in [0.1, 0.15) is 5.75 Å². The SMILES string of the molecule is C[C@@H](Oc1ccc(C(C)(C)C)cc1)C(=O)Nc1ccc(CSc2ccccc2)cc1. The van der Waals surface area contributed by atoms with E-state index in [1.54, 1.807) is 18.7 Å². The van der Waals surface area contributed by atoms with Crippen molar-refractivity contribution in [3.05, 3.63) is 90.0 Å². The van der Waals surface area contributed by atoms with Crippen molar-refractivity contribution >= 4 is 23.4 Å². The standard InChI is InChI=1S/C26H29NO2S/c1-19(29-23-16-12-21(13-17-23)26(2,3)4)25(28)27-22-14-10-20(11-15-22)18-30-24-8-6-5-7-9-24/h5-17,19H,18H2,1-4H3,(H,27,28)/t19-/m1/s1. The summed E-state index contributed by atoms with van der Waals surface area (Å²) in [5.41, 5.74) is 3.31. The summed E-state index contributed by atoms with van der Waals surface area (Å²) in [5, 5.41) is 2.93. The fraction of sp³-hybridized carbons (Fsp3) is 0.269. The second kappa shape index (κ2) is 9.86. The van der Waals surface area contributed by atoms with Gasteiger partial charge in [0.2, 0.25) is 0 Å². The Balaban J connectivity index is 1.51. The third-order valence-corrected chi connectivity index (χ3v) is 5.86.